The van der Waals surface area contributed by atoms with E-state index in [9.17, 15) is 0 Å². The molecule has 0 atom stereocenters. The molecule has 0 aromatic rings. The van der Waals surface area contributed by atoms with Gasteiger partial charge in [-0.05, 0) is 0 Å². The number of halogens is 2. The Kier molecular flexibility index (Phi) is 55.7. The Balaban J connectivity index is -0.0000000128. The van der Waals surface area contributed by atoms with Crippen LogP contribution in [0.15, 0.2) is 0 Å². The second kappa shape index (κ2) is 19.5. The molecule has 15 heavy (non-hydrogen) atoms. The SMILES string of the molecule is O=S(=O)([O-])[O-].O=S(=O)([O-])[O-].[Cl-].[Cl-].[Hg+2].[Hg+2].[Hg+2]. The molecule has 15 heteroatoms. The summed E-state index contributed by atoms with van der Waals surface area (Å²) in [6, 6.07) is 0. The van der Waals surface area contributed by atoms with Gasteiger partial charge in [-0.25, -0.2) is 0 Å². The molecule has 0 aliphatic carbocycles. The maximum atomic E-state index is 8.52. The fourth-order valence-electron chi connectivity index (χ4n) is 0. The van der Waals surface area contributed by atoms with E-state index < -0.39 is 20.8 Å². The molecule has 0 spiro atoms. The van der Waals surface area contributed by atoms with Crippen molar-refractivity contribution in [3.8, 4) is 0 Å². The maximum Gasteiger partial charge on any atom is 2.00 e. The van der Waals surface area contributed by atoms with Crippen molar-refractivity contribution in [2.24, 2.45) is 0 Å². The molecule has 0 unspecified atom stereocenters. The van der Waals surface area contributed by atoms with Crippen molar-refractivity contribution >= 4 is 20.8 Å². The zero-order valence-corrected chi connectivity index (χ0v) is 26.6. The first-order valence-electron chi connectivity index (χ1n) is 1.33. The molecular formula is Cl2Hg3O8S2. The molecule has 0 aromatic heterocycles. The topological polar surface area (TPSA) is 161 Å². The van der Waals surface area contributed by atoms with Crippen LogP contribution >= 0.6 is 0 Å². The van der Waals surface area contributed by atoms with Crippen molar-refractivity contribution in [2.75, 3.05) is 0 Å². The second-order valence-electron chi connectivity index (χ2n) is 0.816. The third kappa shape index (κ3) is 401. The van der Waals surface area contributed by atoms with Crippen LogP contribution in [0.3, 0.4) is 0 Å². The van der Waals surface area contributed by atoms with Gasteiger partial charge in [-0.2, -0.15) is 0 Å². The standard InChI is InChI=1S/2ClH.3Hg.2H2O4S/c;;;;;2*1-5(2,3)4/h2*1H;;;;2*(H2,1,2,3,4)/q;;3*+2;;/p-6. The third-order valence-electron chi connectivity index (χ3n) is 0. The van der Waals surface area contributed by atoms with Crippen LogP contribution in [0.1, 0.15) is 0 Å². The Morgan fingerprint density at radius 2 is 0.533 bits per heavy atom. The number of hydrogen-bond donors (Lipinski definition) is 0. The number of hydrogen-bond acceptors (Lipinski definition) is 8. The van der Waals surface area contributed by atoms with Crippen LogP contribution in [-0.2, 0) is 104 Å². The molecule has 80 valence electrons. The zero-order valence-electron chi connectivity index (χ0n) is 6.96. The van der Waals surface area contributed by atoms with Crippen LogP contribution in [0.2, 0.25) is 0 Å². The summed E-state index contributed by atoms with van der Waals surface area (Å²) in [5.74, 6) is 0. The fraction of sp³-hybridized carbons (Fsp3) is 0. The summed E-state index contributed by atoms with van der Waals surface area (Å²) >= 11 is 0. The van der Waals surface area contributed by atoms with E-state index in [0.29, 0.717) is 0 Å². The molecule has 0 aromatic carbocycles. The van der Waals surface area contributed by atoms with E-state index in [1.165, 1.54) is 0 Å². The molecule has 0 amide bonds. The van der Waals surface area contributed by atoms with E-state index in [2.05, 4.69) is 0 Å². The third-order valence-corrected chi connectivity index (χ3v) is 0. The molecule has 0 saturated carbocycles. The summed E-state index contributed by atoms with van der Waals surface area (Å²) in [6.45, 7) is 0. The Bertz CT molecular complexity index is 222. The molecule has 0 N–H and O–H groups in total. The Morgan fingerprint density at radius 1 is 0.533 bits per heavy atom. The van der Waals surface area contributed by atoms with E-state index in [1.807, 2.05) is 0 Å². The van der Waals surface area contributed by atoms with Crippen LogP contribution in [0.4, 0.5) is 0 Å². The summed E-state index contributed by atoms with van der Waals surface area (Å²) in [5.41, 5.74) is 0. The predicted molar refractivity (Wildman–Crippen MR) is 20.9 cm³/mol. The molecule has 0 rings (SSSR count). The van der Waals surface area contributed by atoms with Crippen molar-refractivity contribution in [1.29, 1.82) is 0 Å². The Labute approximate surface area is 161 Å². The summed E-state index contributed by atoms with van der Waals surface area (Å²) in [4.78, 5) is 0. The average Bonchev–Trinajstić information content (AvgIpc) is 1.12. The summed E-state index contributed by atoms with van der Waals surface area (Å²) in [6.07, 6.45) is 0. The van der Waals surface area contributed by atoms with Gasteiger partial charge >= 0.3 is 83.0 Å². The van der Waals surface area contributed by atoms with Gasteiger partial charge in [-0.15, -0.1) is 0 Å². The van der Waals surface area contributed by atoms with Gasteiger partial charge in [0.15, 0.2) is 0 Å². The van der Waals surface area contributed by atoms with Gasteiger partial charge in [0.2, 0.25) is 0 Å². The van der Waals surface area contributed by atoms with E-state index in [0.717, 1.165) is 0 Å². The van der Waals surface area contributed by atoms with Crippen LogP contribution in [0.5, 0.6) is 0 Å². The minimum absolute atomic E-state index is 0. The van der Waals surface area contributed by atoms with Crippen LogP contribution in [-0.4, -0.2) is 35.0 Å². The van der Waals surface area contributed by atoms with Crippen LogP contribution < -0.4 is 24.8 Å². The van der Waals surface area contributed by atoms with Gasteiger partial charge in [0.1, 0.15) is 0 Å². The fourth-order valence-corrected chi connectivity index (χ4v) is 0. The van der Waals surface area contributed by atoms with E-state index in [1.54, 1.807) is 0 Å². The molecule has 0 saturated heterocycles. The van der Waals surface area contributed by atoms with Gasteiger partial charge < -0.3 is 43.0 Å². The molecule has 0 bridgehead atoms. The van der Waals surface area contributed by atoms with E-state index in [-0.39, 0.29) is 108 Å². The first-order valence-corrected chi connectivity index (χ1v) is 4.00. The average molecular weight is 865 g/mol. The monoisotopic (exact) mass is 868 g/mol. The number of rotatable bonds is 0. The first kappa shape index (κ1) is 42.9. The summed E-state index contributed by atoms with van der Waals surface area (Å²) < 4.78 is 68.2. The Hall–Kier alpha value is 3.13. The van der Waals surface area contributed by atoms with Crippen molar-refractivity contribution in [2.45, 2.75) is 0 Å². The first-order chi connectivity index (χ1) is 4.00. The normalized spacial score (nSPS) is 7.73. The molecule has 0 aliphatic heterocycles. The second-order valence-corrected chi connectivity index (χ2v) is 2.45. The van der Waals surface area contributed by atoms with E-state index >= 15 is 0 Å². The smallest absolute Gasteiger partial charge is 1.00 e. The zero-order chi connectivity index (χ0) is 9.00. The van der Waals surface area contributed by atoms with Gasteiger partial charge in [0.05, 0.1) is 0 Å². The van der Waals surface area contributed by atoms with Crippen molar-refractivity contribution in [3.63, 3.8) is 0 Å². The molecule has 0 heterocycles. The summed E-state index contributed by atoms with van der Waals surface area (Å²) in [5, 5.41) is 0. The van der Waals surface area contributed by atoms with Gasteiger partial charge in [0.25, 0.3) is 0 Å². The van der Waals surface area contributed by atoms with Crippen molar-refractivity contribution < 1.29 is 143 Å². The van der Waals surface area contributed by atoms with Crippen LogP contribution in [0.25, 0.3) is 0 Å². The minimum atomic E-state index is -5.17. The Morgan fingerprint density at radius 3 is 0.533 bits per heavy atom. The van der Waals surface area contributed by atoms with E-state index in [4.69, 9.17) is 35.0 Å². The van der Waals surface area contributed by atoms with Crippen molar-refractivity contribution in [3.05, 3.63) is 0 Å². The minimum Gasteiger partial charge on any atom is -1.00 e. The van der Waals surface area contributed by atoms with Gasteiger partial charge in [0, 0.05) is 20.8 Å². The molecular weight excluding hydrogens is 865 g/mol. The molecule has 8 nitrogen and oxygen atoms in total. The van der Waals surface area contributed by atoms with Crippen LogP contribution in [0, 0.1) is 0 Å². The largest absolute Gasteiger partial charge is 2.00 e. The molecule has 0 fully saturated rings. The molecule has 0 aliphatic rings. The van der Waals surface area contributed by atoms with Crippen molar-refractivity contribution in [1.82, 2.24) is 0 Å². The molecule has 0 radical (unpaired) electrons. The van der Waals surface area contributed by atoms with Gasteiger partial charge in [-0.3, -0.25) is 16.8 Å². The maximum absolute atomic E-state index is 8.52. The quantitative estimate of drug-likeness (QED) is 0.132. The predicted octanol–water partition coefficient (Wildman–Crippen LogP) is -8.68. The van der Waals surface area contributed by atoms with Gasteiger partial charge in [-0.1, -0.05) is 0 Å². The summed E-state index contributed by atoms with van der Waals surface area (Å²) in [7, 11) is -10.3.